The Morgan fingerprint density at radius 1 is 1.62 bits per heavy atom. The van der Waals surface area contributed by atoms with E-state index in [0.29, 0.717) is 0 Å². The van der Waals surface area contributed by atoms with E-state index in [4.69, 9.17) is 22.4 Å². The SMILES string of the molecule is Nc1nc(C(F)F)cc(CCl)c1CC(=O)O. The van der Waals surface area contributed by atoms with Gasteiger partial charge in [0.15, 0.2) is 0 Å². The van der Waals surface area contributed by atoms with Crippen molar-refractivity contribution >= 4 is 23.4 Å². The molecule has 0 aliphatic heterocycles. The van der Waals surface area contributed by atoms with Gasteiger partial charge in [0.05, 0.1) is 6.42 Å². The highest BCUT2D eigenvalue weighted by Crippen LogP contribution is 2.25. The summed E-state index contributed by atoms with van der Waals surface area (Å²) in [5, 5.41) is 8.62. The molecule has 0 fully saturated rings. The maximum atomic E-state index is 12.4. The second-order valence-corrected chi connectivity index (χ2v) is 3.34. The Morgan fingerprint density at radius 2 is 2.25 bits per heavy atom. The molecule has 1 aromatic heterocycles. The van der Waals surface area contributed by atoms with Gasteiger partial charge in [0.1, 0.15) is 11.5 Å². The highest BCUT2D eigenvalue weighted by molar-refractivity contribution is 6.17. The summed E-state index contributed by atoms with van der Waals surface area (Å²) in [4.78, 5) is 14.0. The van der Waals surface area contributed by atoms with Crippen LogP contribution in [0.15, 0.2) is 6.07 Å². The van der Waals surface area contributed by atoms with E-state index in [1.54, 1.807) is 0 Å². The van der Waals surface area contributed by atoms with E-state index < -0.39 is 18.1 Å². The van der Waals surface area contributed by atoms with Gasteiger partial charge in [0, 0.05) is 11.4 Å². The zero-order chi connectivity index (χ0) is 12.3. The first-order chi connectivity index (χ1) is 7.45. The lowest BCUT2D eigenvalue weighted by atomic mass is 10.1. The van der Waals surface area contributed by atoms with Gasteiger partial charge in [-0.25, -0.2) is 13.8 Å². The third-order valence-corrected chi connectivity index (χ3v) is 2.25. The number of nitrogen functional groups attached to an aromatic ring is 1. The van der Waals surface area contributed by atoms with Crippen LogP contribution in [0.2, 0.25) is 0 Å². The Morgan fingerprint density at radius 3 is 2.69 bits per heavy atom. The lowest BCUT2D eigenvalue weighted by Gasteiger charge is -2.10. The topological polar surface area (TPSA) is 76.2 Å². The molecule has 0 amide bonds. The van der Waals surface area contributed by atoms with Crippen molar-refractivity contribution in [2.75, 3.05) is 5.73 Å². The summed E-state index contributed by atoms with van der Waals surface area (Å²) in [6.07, 6.45) is -3.15. The number of nitrogens with zero attached hydrogens (tertiary/aromatic N) is 1. The summed E-state index contributed by atoms with van der Waals surface area (Å²) in [5.41, 5.74) is 5.38. The van der Waals surface area contributed by atoms with Gasteiger partial charge in [-0.15, -0.1) is 11.6 Å². The maximum absolute atomic E-state index is 12.4. The molecule has 1 aromatic rings. The van der Waals surface area contributed by atoms with E-state index in [2.05, 4.69) is 4.98 Å². The minimum atomic E-state index is -2.76. The van der Waals surface area contributed by atoms with Gasteiger partial charge in [-0.3, -0.25) is 4.79 Å². The molecule has 88 valence electrons. The van der Waals surface area contributed by atoms with Crippen molar-refractivity contribution in [3.63, 3.8) is 0 Å². The number of carbonyl (C=O) groups is 1. The van der Waals surface area contributed by atoms with E-state index >= 15 is 0 Å². The molecule has 16 heavy (non-hydrogen) atoms. The Bertz CT molecular complexity index is 413. The van der Waals surface area contributed by atoms with Crippen LogP contribution in [0.25, 0.3) is 0 Å². The number of hydrogen-bond acceptors (Lipinski definition) is 3. The fraction of sp³-hybridized carbons (Fsp3) is 0.333. The van der Waals surface area contributed by atoms with Gasteiger partial charge in [0.2, 0.25) is 0 Å². The average Bonchev–Trinajstić information content (AvgIpc) is 2.19. The van der Waals surface area contributed by atoms with Crippen molar-refractivity contribution in [2.45, 2.75) is 18.7 Å². The Kier molecular flexibility index (Phi) is 4.00. The largest absolute Gasteiger partial charge is 0.481 e. The van der Waals surface area contributed by atoms with Gasteiger partial charge >= 0.3 is 5.97 Å². The minimum Gasteiger partial charge on any atom is -0.481 e. The van der Waals surface area contributed by atoms with Gasteiger partial charge < -0.3 is 10.8 Å². The highest BCUT2D eigenvalue weighted by atomic mass is 35.5. The second-order valence-electron chi connectivity index (χ2n) is 3.07. The van der Waals surface area contributed by atoms with Gasteiger partial charge in [-0.1, -0.05) is 0 Å². The van der Waals surface area contributed by atoms with Crippen LogP contribution in [0.3, 0.4) is 0 Å². The molecular formula is C9H9ClF2N2O2. The third-order valence-electron chi connectivity index (χ3n) is 1.96. The predicted molar refractivity (Wildman–Crippen MR) is 54.5 cm³/mol. The number of aromatic nitrogens is 1. The van der Waals surface area contributed by atoms with Gasteiger partial charge in [-0.05, 0) is 11.6 Å². The van der Waals surface area contributed by atoms with Crippen molar-refractivity contribution in [3.05, 3.63) is 22.9 Å². The average molecular weight is 251 g/mol. The summed E-state index contributed by atoms with van der Waals surface area (Å²) < 4.78 is 24.8. The molecule has 0 saturated heterocycles. The van der Waals surface area contributed by atoms with Crippen molar-refractivity contribution in [2.24, 2.45) is 0 Å². The van der Waals surface area contributed by atoms with Crippen LogP contribution in [-0.4, -0.2) is 16.1 Å². The van der Waals surface area contributed by atoms with E-state index in [0.717, 1.165) is 6.07 Å². The van der Waals surface area contributed by atoms with E-state index in [1.807, 2.05) is 0 Å². The summed E-state index contributed by atoms with van der Waals surface area (Å²) in [5.74, 6) is -1.42. The molecule has 0 aliphatic carbocycles. The lowest BCUT2D eigenvalue weighted by Crippen LogP contribution is -2.10. The van der Waals surface area contributed by atoms with Crippen LogP contribution in [0, 0.1) is 0 Å². The molecule has 7 heteroatoms. The van der Waals surface area contributed by atoms with Crippen LogP contribution >= 0.6 is 11.6 Å². The molecule has 0 radical (unpaired) electrons. The molecule has 0 bridgehead atoms. The first kappa shape index (κ1) is 12.6. The zero-order valence-electron chi connectivity index (χ0n) is 8.08. The second kappa shape index (κ2) is 5.07. The van der Waals surface area contributed by atoms with Crippen LogP contribution in [-0.2, 0) is 17.1 Å². The number of alkyl halides is 3. The van der Waals surface area contributed by atoms with Crippen molar-refractivity contribution < 1.29 is 18.7 Å². The minimum absolute atomic E-state index is 0.0882. The molecule has 1 rings (SSSR count). The number of nitrogens with two attached hydrogens (primary N) is 1. The van der Waals surface area contributed by atoms with Gasteiger partial charge in [0.25, 0.3) is 6.43 Å². The maximum Gasteiger partial charge on any atom is 0.307 e. The molecule has 0 aromatic carbocycles. The molecule has 4 nitrogen and oxygen atoms in total. The number of aliphatic carboxylic acids is 1. The number of carboxylic acids is 1. The molecule has 0 atom stereocenters. The molecule has 1 heterocycles. The fourth-order valence-corrected chi connectivity index (χ4v) is 1.49. The smallest absolute Gasteiger partial charge is 0.307 e. The van der Waals surface area contributed by atoms with Crippen LogP contribution in [0.1, 0.15) is 23.2 Å². The van der Waals surface area contributed by atoms with E-state index in [9.17, 15) is 13.6 Å². The lowest BCUT2D eigenvalue weighted by molar-refractivity contribution is -0.136. The number of hydrogen-bond donors (Lipinski definition) is 2. The van der Waals surface area contributed by atoms with E-state index in [1.165, 1.54) is 0 Å². The molecule has 0 unspecified atom stereocenters. The first-order valence-corrected chi connectivity index (χ1v) is 4.83. The summed E-state index contributed by atoms with van der Waals surface area (Å²) in [7, 11) is 0. The van der Waals surface area contributed by atoms with Crippen LogP contribution in [0.5, 0.6) is 0 Å². The molecular weight excluding hydrogens is 242 g/mol. The Labute approximate surface area is 95.0 Å². The van der Waals surface area contributed by atoms with E-state index in [-0.39, 0.29) is 29.2 Å². The zero-order valence-corrected chi connectivity index (χ0v) is 8.84. The summed E-state index contributed by atoms with van der Waals surface area (Å²) >= 11 is 5.54. The normalized spacial score (nSPS) is 10.8. The summed E-state index contributed by atoms with van der Waals surface area (Å²) in [6, 6.07) is 1.08. The summed E-state index contributed by atoms with van der Waals surface area (Å²) in [6.45, 7) is 0. The number of halogens is 3. The first-order valence-electron chi connectivity index (χ1n) is 4.29. The predicted octanol–water partition coefficient (Wildman–Crippen LogP) is 1.97. The Hall–Kier alpha value is -1.43. The number of rotatable bonds is 4. The van der Waals surface area contributed by atoms with Gasteiger partial charge in [-0.2, -0.15) is 0 Å². The molecule has 3 N–H and O–H groups in total. The molecule has 0 saturated carbocycles. The van der Waals surface area contributed by atoms with Crippen LogP contribution < -0.4 is 5.73 Å². The van der Waals surface area contributed by atoms with Crippen molar-refractivity contribution in [1.29, 1.82) is 0 Å². The molecule has 0 aliphatic rings. The quantitative estimate of drug-likeness (QED) is 0.801. The molecule has 0 spiro atoms. The number of pyridine rings is 1. The van der Waals surface area contributed by atoms with Crippen molar-refractivity contribution in [3.8, 4) is 0 Å². The number of carboxylic acid groups (broad SMARTS) is 1. The Balaban J connectivity index is 3.22. The standard InChI is InChI=1S/C9H9ClF2N2O2/c10-3-4-1-6(8(11)12)14-9(13)5(4)2-7(15)16/h1,8H,2-3H2,(H2,13,14)(H,15,16). The highest BCUT2D eigenvalue weighted by Gasteiger charge is 2.17. The monoisotopic (exact) mass is 250 g/mol. The van der Waals surface area contributed by atoms with Crippen LogP contribution in [0.4, 0.5) is 14.6 Å². The van der Waals surface area contributed by atoms with Crippen molar-refractivity contribution in [1.82, 2.24) is 4.98 Å². The number of anilines is 1. The third kappa shape index (κ3) is 2.79. The fourth-order valence-electron chi connectivity index (χ4n) is 1.26.